The van der Waals surface area contributed by atoms with Gasteiger partial charge in [0, 0.05) is 36.5 Å². The van der Waals surface area contributed by atoms with E-state index in [1.54, 1.807) is 30.5 Å². The van der Waals surface area contributed by atoms with Crippen LogP contribution in [0.3, 0.4) is 0 Å². The number of hydrogen-bond donors (Lipinski definition) is 0. The van der Waals surface area contributed by atoms with Crippen molar-refractivity contribution < 1.29 is 22.4 Å². The minimum atomic E-state index is -3.33. The normalized spacial score (nSPS) is 21.2. The lowest BCUT2D eigenvalue weighted by atomic mass is 9.97. The maximum absolute atomic E-state index is 13.4. The Morgan fingerprint density at radius 3 is 2.82 bits per heavy atom. The fourth-order valence-electron chi connectivity index (χ4n) is 4.79. The van der Waals surface area contributed by atoms with Crippen LogP contribution in [0, 0.1) is 5.92 Å². The van der Waals surface area contributed by atoms with Gasteiger partial charge in [0.2, 0.25) is 10.0 Å². The van der Waals surface area contributed by atoms with E-state index in [0.29, 0.717) is 50.5 Å². The van der Waals surface area contributed by atoms with Crippen molar-refractivity contribution in [1.29, 1.82) is 0 Å². The summed E-state index contributed by atoms with van der Waals surface area (Å²) in [6.07, 6.45) is 3.99. The number of nitrogens with zero attached hydrogens (tertiary/aromatic N) is 2. The zero-order valence-electron chi connectivity index (χ0n) is 18.5. The molecule has 5 rings (SSSR count). The van der Waals surface area contributed by atoms with Crippen LogP contribution >= 0.6 is 0 Å². The molecule has 2 saturated heterocycles. The highest BCUT2D eigenvalue weighted by Crippen LogP contribution is 2.26. The van der Waals surface area contributed by atoms with Crippen molar-refractivity contribution in [1.82, 2.24) is 4.90 Å². The molecule has 0 spiro atoms. The summed E-state index contributed by atoms with van der Waals surface area (Å²) in [5.74, 6) is 0.214. The Balaban J connectivity index is 1.34. The zero-order chi connectivity index (χ0) is 22.8. The lowest BCUT2D eigenvalue weighted by molar-refractivity contribution is 0.0737. The topological polar surface area (TPSA) is 80.1 Å². The second-order valence-electron chi connectivity index (χ2n) is 8.79. The molecule has 2 fully saturated rings. The molecule has 2 aromatic carbocycles. The summed E-state index contributed by atoms with van der Waals surface area (Å²) in [5.41, 5.74) is 3.11. The molecule has 2 aliphatic rings. The molecule has 7 nitrogen and oxygen atoms in total. The second kappa shape index (κ2) is 9.19. The molecule has 8 heteroatoms. The Bertz CT molecular complexity index is 1250. The highest BCUT2D eigenvalue weighted by Gasteiger charge is 2.28. The van der Waals surface area contributed by atoms with Gasteiger partial charge in [-0.15, -0.1) is 0 Å². The van der Waals surface area contributed by atoms with E-state index >= 15 is 0 Å². The molecule has 33 heavy (non-hydrogen) atoms. The van der Waals surface area contributed by atoms with Crippen LogP contribution in [0.15, 0.2) is 59.2 Å². The van der Waals surface area contributed by atoms with Gasteiger partial charge in [-0.25, -0.2) is 8.42 Å². The first kappa shape index (κ1) is 22.0. The van der Waals surface area contributed by atoms with Gasteiger partial charge in [-0.05, 0) is 55.2 Å². The summed E-state index contributed by atoms with van der Waals surface area (Å²) in [6.45, 7) is 2.62. The number of hydrogen-bond acceptors (Lipinski definition) is 5. The highest BCUT2D eigenvalue weighted by atomic mass is 32.2. The number of carbonyl (C=O) groups excluding carboxylic acids is 1. The van der Waals surface area contributed by atoms with Crippen LogP contribution in [0.4, 0.5) is 5.69 Å². The molecular formula is C25H28N2O5S. The van der Waals surface area contributed by atoms with E-state index < -0.39 is 10.0 Å². The van der Waals surface area contributed by atoms with Crippen LogP contribution in [-0.2, 0) is 21.2 Å². The minimum Gasteiger partial charge on any atom is -0.464 e. The lowest BCUT2D eigenvalue weighted by Gasteiger charge is -2.29. The van der Waals surface area contributed by atoms with Gasteiger partial charge in [-0.3, -0.25) is 9.10 Å². The van der Waals surface area contributed by atoms with Gasteiger partial charge in [0.15, 0.2) is 0 Å². The third-order valence-electron chi connectivity index (χ3n) is 6.45. The van der Waals surface area contributed by atoms with Crippen LogP contribution in [0.2, 0.25) is 0 Å². The van der Waals surface area contributed by atoms with Crippen molar-refractivity contribution in [2.24, 2.45) is 5.92 Å². The van der Waals surface area contributed by atoms with Crippen LogP contribution in [-0.4, -0.2) is 57.8 Å². The Kier molecular flexibility index (Phi) is 6.12. The smallest absolute Gasteiger partial charge is 0.254 e. The average Bonchev–Trinajstić information content (AvgIpc) is 3.18. The fraction of sp³-hybridized carbons (Fsp3) is 0.400. The number of amides is 1. The van der Waals surface area contributed by atoms with Crippen molar-refractivity contribution in [3.05, 3.63) is 65.9 Å². The number of rotatable bonds is 4. The van der Waals surface area contributed by atoms with Crippen LogP contribution in [0.25, 0.3) is 11.0 Å². The standard InChI is InChI=1S/C25H28N2O5S/c28-25(21-6-3-7-22(16-21)27-10-1-2-14-33(27,29)30)26-11-13-31-18-19(17-26)15-20-5-4-8-24-23(20)9-12-32-24/h3-9,12,16,19H,1-2,10-11,13-15,17-18H2/t19-/m0/s1. The first-order valence-corrected chi connectivity index (χ1v) is 13.0. The van der Waals surface area contributed by atoms with Crippen molar-refractivity contribution in [3.8, 4) is 0 Å². The van der Waals surface area contributed by atoms with E-state index in [2.05, 4.69) is 6.07 Å². The molecule has 1 aromatic heterocycles. The molecule has 2 aliphatic heterocycles. The van der Waals surface area contributed by atoms with E-state index in [0.717, 1.165) is 23.8 Å². The van der Waals surface area contributed by atoms with E-state index in [9.17, 15) is 13.2 Å². The molecule has 0 unspecified atom stereocenters. The van der Waals surface area contributed by atoms with E-state index in [4.69, 9.17) is 9.15 Å². The number of furan rings is 1. The Morgan fingerprint density at radius 1 is 1.06 bits per heavy atom. The minimum absolute atomic E-state index is 0.0942. The molecule has 3 heterocycles. The molecule has 1 atom stereocenters. The van der Waals surface area contributed by atoms with E-state index in [-0.39, 0.29) is 17.6 Å². The number of sulfonamides is 1. The second-order valence-corrected chi connectivity index (χ2v) is 10.8. The molecule has 0 radical (unpaired) electrons. The number of fused-ring (bicyclic) bond motifs is 1. The highest BCUT2D eigenvalue weighted by molar-refractivity contribution is 7.92. The van der Waals surface area contributed by atoms with Gasteiger partial charge in [0.05, 0.1) is 30.9 Å². The fourth-order valence-corrected chi connectivity index (χ4v) is 6.42. The monoisotopic (exact) mass is 468 g/mol. The van der Waals surface area contributed by atoms with Crippen LogP contribution in [0.5, 0.6) is 0 Å². The van der Waals surface area contributed by atoms with Gasteiger partial charge in [-0.2, -0.15) is 0 Å². The Hall–Kier alpha value is -2.84. The first-order valence-electron chi connectivity index (χ1n) is 11.4. The molecule has 3 aromatic rings. The third kappa shape index (κ3) is 4.63. The van der Waals surface area contributed by atoms with Crippen molar-refractivity contribution in [3.63, 3.8) is 0 Å². The SMILES string of the molecule is O=C(c1cccc(N2CCCCS2(=O)=O)c1)N1CCOC[C@@H](Cc2cccc3occc23)C1. The van der Waals surface area contributed by atoms with Gasteiger partial charge in [-0.1, -0.05) is 18.2 Å². The molecule has 0 N–H and O–H groups in total. The number of anilines is 1. The number of ether oxygens (including phenoxy) is 1. The number of carbonyl (C=O) groups is 1. The Labute approximate surface area is 194 Å². The van der Waals surface area contributed by atoms with E-state index in [1.807, 2.05) is 23.1 Å². The predicted molar refractivity (Wildman–Crippen MR) is 127 cm³/mol. The lowest BCUT2D eigenvalue weighted by Crippen LogP contribution is -2.38. The summed E-state index contributed by atoms with van der Waals surface area (Å²) in [4.78, 5) is 15.2. The summed E-state index contributed by atoms with van der Waals surface area (Å²) < 4.78 is 37.8. The maximum Gasteiger partial charge on any atom is 0.254 e. The molecule has 174 valence electrons. The zero-order valence-corrected chi connectivity index (χ0v) is 19.3. The average molecular weight is 469 g/mol. The van der Waals surface area contributed by atoms with Crippen LogP contribution < -0.4 is 4.31 Å². The van der Waals surface area contributed by atoms with Gasteiger partial charge in [0.1, 0.15) is 5.58 Å². The van der Waals surface area contributed by atoms with Crippen molar-refractivity contribution in [2.45, 2.75) is 19.3 Å². The molecule has 0 saturated carbocycles. The summed E-state index contributed by atoms with van der Waals surface area (Å²) in [7, 11) is -3.33. The molecular weight excluding hydrogens is 440 g/mol. The van der Waals surface area contributed by atoms with Crippen molar-refractivity contribution in [2.75, 3.05) is 42.9 Å². The Morgan fingerprint density at radius 2 is 1.94 bits per heavy atom. The predicted octanol–water partition coefficient (Wildman–Crippen LogP) is 3.69. The molecule has 0 bridgehead atoms. The van der Waals surface area contributed by atoms with Gasteiger partial charge in [0.25, 0.3) is 5.91 Å². The summed E-state index contributed by atoms with van der Waals surface area (Å²) >= 11 is 0. The quantitative estimate of drug-likeness (QED) is 0.583. The van der Waals surface area contributed by atoms with Gasteiger partial charge < -0.3 is 14.1 Å². The van der Waals surface area contributed by atoms with Crippen molar-refractivity contribution >= 4 is 32.6 Å². The largest absolute Gasteiger partial charge is 0.464 e. The number of benzene rings is 2. The van der Waals surface area contributed by atoms with Gasteiger partial charge >= 0.3 is 0 Å². The first-order chi connectivity index (χ1) is 16.0. The molecule has 1 amide bonds. The summed E-state index contributed by atoms with van der Waals surface area (Å²) in [5, 5.41) is 1.09. The van der Waals surface area contributed by atoms with Crippen LogP contribution in [0.1, 0.15) is 28.8 Å². The maximum atomic E-state index is 13.4. The third-order valence-corrected chi connectivity index (χ3v) is 8.32. The van der Waals surface area contributed by atoms with E-state index in [1.165, 1.54) is 9.87 Å². The summed E-state index contributed by atoms with van der Waals surface area (Å²) in [6, 6.07) is 15.0. The molecule has 0 aliphatic carbocycles.